The zero-order valence-corrected chi connectivity index (χ0v) is 19.7. The summed E-state index contributed by atoms with van der Waals surface area (Å²) >= 11 is 1.58. The lowest BCUT2D eigenvalue weighted by atomic mass is 9.87. The van der Waals surface area contributed by atoms with Crippen molar-refractivity contribution in [1.82, 2.24) is 14.8 Å². The maximum Gasteiger partial charge on any atom is 0.229 e. The molecule has 0 bridgehead atoms. The van der Waals surface area contributed by atoms with Crippen LogP contribution in [-0.4, -0.2) is 20.7 Å². The normalized spacial score (nSPS) is 11.8. The highest BCUT2D eigenvalue weighted by molar-refractivity contribution is 7.20. The molecule has 1 N–H and O–H groups in total. The molecule has 0 aliphatic rings. The summed E-state index contributed by atoms with van der Waals surface area (Å²) in [5.74, 6) is 0.576. The summed E-state index contributed by atoms with van der Waals surface area (Å²) in [4.78, 5) is 17.5. The van der Waals surface area contributed by atoms with E-state index in [9.17, 15) is 4.79 Å². The molecule has 160 valence electrons. The number of hydrogen-bond donors (Lipinski definition) is 1. The summed E-state index contributed by atoms with van der Waals surface area (Å²) < 4.78 is 2.85. The van der Waals surface area contributed by atoms with Gasteiger partial charge in [0.2, 0.25) is 11.0 Å². The van der Waals surface area contributed by atoms with Gasteiger partial charge in [-0.05, 0) is 55.0 Å². The number of nitrogens with zero attached hydrogens (tertiary/aromatic N) is 3. The van der Waals surface area contributed by atoms with Crippen LogP contribution in [0.25, 0.3) is 15.3 Å². The van der Waals surface area contributed by atoms with Crippen molar-refractivity contribution >= 4 is 33.3 Å². The molecule has 0 aliphatic carbocycles. The fraction of sp³-hybridized carbons (Fsp3) is 0.320. The molecule has 6 heteroatoms. The second-order valence-corrected chi connectivity index (χ2v) is 10.2. The Kier molecular flexibility index (Phi) is 5.43. The number of carbonyl (C=O) groups excluding carboxylic acids is 1. The fourth-order valence-corrected chi connectivity index (χ4v) is 4.58. The summed E-state index contributed by atoms with van der Waals surface area (Å²) in [7, 11) is 0. The van der Waals surface area contributed by atoms with Crippen molar-refractivity contribution in [3.63, 3.8) is 0 Å². The minimum atomic E-state index is -0.0655. The van der Waals surface area contributed by atoms with Crippen molar-refractivity contribution in [2.75, 3.05) is 5.32 Å². The molecule has 2 heterocycles. The first-order valence-corrected chi connectivity index (χ1v) is 11.3. The molecule has 31 heavy (non-hydrogen) atoms. The highest BCUT2D eigenvalue weighted by Gasteiger charge is 2.18. The molecule has 0 aliphatic heterocycles. The molecule has 0 atom stereocenters. The Bertz CT molecular complexity index is 1280. The van der Waals surface area contributed by atoms with E-state index in [1.165, 1.54) is 11.1 Å². The van der Waals surface area contributed by atoms with Crippen LogP contribution in [0.2, 0.25) is 0 Å². The molecule has 4 rings (SSSR count). The first-order chi connectivity index (χ1) is 14.6. The Hall–Kier alpha value is -2.99. The second-order valence-electron chi connectivity index (χ2n) is 9.17. The summed E-state index contributed by atoms with van der Waals surface area (Å²) in [6.07, 6.45) is 0.325. The standard InChI is InChI=1S/C25H28N4OS/c1-15-7-8-18(16(2)11-15)13-23(30)27-22-12-17(3)28-29(22)24-26-20-10-9-19(25(4,5)6)14-21(20)31-24/h7-12,14H,13H2,1-6H3,(H,27,30). The number of aryl methyl sites for hydroxylation is 3. The average molecular weight is 433 g/mol. The van der Waals surface area contributed by atoms with Crippen LogP contribution in [0.3, 0.4) is 0 Å². The third-order valence-electron chi connectivity index (χ3n) is 5.37. The monoisotopic (exact) mass is 432 g/mol. The number of nitrogens with one attached hydrogen (secondary N) is 1. The SMILES string of the molecule is Cc1ccc(CC(=O)Nc2cc(C)nn2-c2nc3ccc(C(C)(C)C)cc3s2)c(C)c1. The number of fused-ring (bicyclic) bond motifs is 1. The number of hydrogen-bond acceptors (Lipinski definition) is 4. The van der Waals surface area contributed by atoms with E-state index >= 15 is 0 Å². The van der Waals surface area contributed by atoms with Crippen molar-refractivity contribution in [1.29, 1.82) is 0 Å². The predicted molar refractivity (Wildman–Crippen MR) is 128 cm³/mol. The molecule has 0 saturated heterocycles. The molecule has 0 spiro atoms. The maximum atomic E-state index is 12.8. The van der Waals surface area contributed by atoms with Gasteiger partial charge in [-0.2, -0.15) is 9.78 Å². The summed E-state index contributed by atoms with van der Waals surface area (Å²) in [6.45, 7) is 12.6. The first kappa shape index (κ1) is 21.2. The topological polar surface area (TPSA) is 59.8 Å². The van der Waals surface area contributed by atoms with Crippen LogP contribution < -0.4 is 5.32 Å². The molecule has 5 nitrogen and oxygen atoms in total. The third kappa shape index (κ3) is 4.54. The highest BCUT2D eigenvalue weighted by atomic mass is 32.1. The van der Waals surface area contributed by atoms with Crippen LogP contribution in [0, 0.1) is 20.8 Å². The second kappa shape index (κ2) is 7.93. The van der Waals surface area contributed by atoms with Crippen LogP contribution >= 0.6 is 11.3 Å². The zero-order valence-electron chi connectivity index (χ0n) is 18.9. The molecular weight excluding hydrogens is 404 g/mol. The Morgan fingerprint density at radius 1 is 1.06 bits per heavy atom. The van der Waals surface area contributed by atoms with Crippen molar-refractivity contribution < 1.29 is 4.79 Å². The average Bonchev–Trinajstić information content (AvgIpc) is 3.25. The maximum absolute atomic E-state index is 12.8. The number of anilines is 1. The van der Waals surface area contributed by atoms with Gasteiger partial charge in [-0.25, -0.2) is 4.98 Å². The Morgan fingerprint density at radius 3 is 2.55 bits per heavy atom. The van der Waals surface area contributed by atoms with Gasteiger partial charge in [0, 0.05) is 6.07 Å². The molecule has 0 unspecified atom stereocenters. The van der Waals surface area contributed by atoms with Crippen LogP contribution in [0.15, 0.2) is 42.5 Å². The molecular formula is C25H28N4OS. The van der Waals surface area contributed by atoms with Crippen molar-refractivity contribution in [3.8, 4) is 5.13 Å². The van der Waals surface area contributed by atoms with E-state index in [-0.39, 0.29) is 11.3 Å². The lowest BCUT2D eigenvalue weighted by molar-refractivity contribution is -0.115. The van der Waals surface area contributed by atoms with Gasteiger partial charge in [0.15, 0.2) is 0 Å². The zero-order chi connectivity index (χ0) is 22.3. The van der Waals surface area contributed by atoms with Crippen molar-refractivity contribution in [2.24, 2.45) is 0 Å². The number of amides is 1. The quantitative estimate of drug-likeness (QED) is 0.438. The summed E-state index contributed by atoms with van der Waals surface area (Å²) in [6, 6.07) is 14.4. The van der Waals surface area contributed by atoms with Gasteiger partial charge in [0.25, 0.3) is 0 Å². The van der Waals surface area contributed by atoms with Crippen LogP contribution in [-0.2, 0) is 16.6 Å². The number of aromatic nitrogens is 3. The highest BCUT2D eigenvalue weighted by Crippen LogP contribution is 2.31. The van der Waals surface area contributed by atoms with E-state index < -0.39 is 0 Å². The minimum absolute atomic E-state index is 0.0655. The molecule has 1 amide bonds. The molecule has 0 fully saturated rings. The van der Waals surface area contributed by atoms with Gasteiger partial charge in [0.05, 0.1) is 22.3 Å². The van der Waals surface area contributed by atoms with E-state index in [1.54, 1.807) is 16.0 Å². The fourth-order valence-electron chi connectivity index (χ4n) is 3.61. The van der Waals surface area contributed by atoms with Crippen molar-refractivity contribution in [3.05, 3.63) is 70.4 Å². The molecule has 4 aromatic rings. The lowest BCUT2D eigenvalue weighted by Crippen LogP contribution is -2.17. The summed E-state index contributed by atoms with van der Waals surface area (Å²) in [5.41, 5.74) is 6.47. The van der Waals surface area contributed by atoms with E-state index in [2.05, 4.69) is 62.4 Å². The van der Waals surface area contributed by atoms with Crippen LogP contribution in [0.1, 0.15) is 48.7 Å². The molecule has 0 saturated carbocycles. The van der Waals surface area contributed by atoms with E-state index in [4.69, 9.17) is 4.98 Å². The van der Waals surface area contributed by atoms with E-state index in [1.807, 2.05) is 32.0 Å². The third-order valence-corrected chi connectivity index (χ3v) is 6.37. The lowest BCUT2D eigenvalue weighted by Gasteiger charge is -2.18. The number of benzene rings is 2. The van der Waals surface area contributed by atoms with Crippen LogP contribution in [0.5, 0.6) is 0 Å². The van der Waals surface area contributed by atoms with Crippen molar-refractivity contribution in [2.45, 2.75) is 53.4 Å². The van der Waals surface area contributed by atoms with E-state index in [0.29, 0.717) is 12.2 Å². The van der Waals surface area contributed by atoms with E-state index in [0.717, 1.165) is 32.2 Å². The van der Waals surface area contributed by atoms with Gasteiger partial charge in [0.1, 0.15) is 5.82 Å². The Balaban J connectivity index is 1.62. The van der Waals surface area contributed by atoms with Gasteiger partial charge in [-0.1, -0.05) is 61.9 Å². The smallest absolute Gasteiger partial charge is 0.229 e. The minimum Gasteiger partial charge on any atom is -0.310 e. The molecule has 0 radical (unpaired) electrons. The Labute approximate surface area is 187 Å². The number of thiazole rings is 1. The predicted octanol–water partition coefficient (Wildman–Crippen LogP) is 5.89. The first-order valence-electron chi connectivity index (χ1n) is 10.4. The number of rotatable bonds is 4. The van der Waals surface area contributed by atoms with Gasteiger partial charge in [-0.3, -0.25) is 4.79 Å². The number of carbonyl (C=O) groups is 1. The van der Waals surface area contributed by atoms with Gasteiger partial charge in [-0.15, -0.1) is 0 Å². The molecule has 2 aromatic carbocycles. The van der Waals surface area contributed by atoms with Gasteiger partial charge < -0.3 is 5.32 Å². The molecule has 2 aromatic heterocycles. The largest absolute Gasteiger partial charge is 0.310 e. The van der Waals surface area contributed by atoms with Gasteiger partial charge >= 0.3 is 0 Å². The summed E-state index contributed by atoms with van der Waals surface area (Å²) in [5, 5.41) is 8.36. The Morgan fingerprint density at radius 2 is 1.84 bits per heavy atom. The van der Waals surface area contributed by atoms with Crippen LogP contribution in [0.4, 0.5) is 5.82 Å².